The highest BCUT2D eigenvalue weighted by Crippen LogP contribution is 2.27. The lowest BCUT2D eigenvalue weighted by Gasteiger charge is -2.26. The van der Waals surface area contributed by atoms with Crippen molar-refractivity contribution >= 4 is 15.9 Å². The maximum absolute atomic E-state index is 13.0. The van der Waals surface area contributed by atoms with Crippen LogP contribution in [0.4, 0.5) is 0 Å². The predicted octanol–water partition coefficient (Wildman–Crippen LogP) is 4.62. The topological polar surface area (TPSA) is 66.5 Å². The number of hydrogen-bond donors (Lipinski definition) is 1. The molecule has 1 aliphatic carbocycles. The number of carbonyl (C=O) groups is 1. The molecular formula is C25H32N2O3S. The molecule has 1 atom stereocenters. The van der Waals surface area contributed by atoms with Gasteiger partial charge in [-0.05, 0) is 79.8 Å². The van der Waals surface area contributed by atoms with Gasteiger partial charge < -0.3 is 5.32 Å². The Morgan fingerprint density at radius 1 is 0.968 bits per heavy atom. The normalized spacial score (nSPS) is 18.2. The number of carbonyl (C=O) groups excluding carboxylic acids is 1. The van der Waals surface area contributed by atoms with Crippen LogP contribution >= 0.6 is 0 Å². The average molecular weight is 441 g/mol. The van der Waals surface area contributed by atoms with Gasteiger partial charge in [-0.15, -0.1) is 0 Å². The Kier molecular flexibility index (Phi) is 6.77. The second kappa shape index (κ2) is 9.53. The van der Waals surface area contributed by atoms with E-state index in [0.29, 0.717) is 18.7 Å². The molecule has 1 saturated heterocycles. The summed E-state index contributed by atoms with van der Waals surface area (Å²) in [5, 5.41) is 3.12. The van der Waals surface area contributed by atoms with Crippen molar-refractivity contribution in [3.63, 3.8) is 0 Å². The third-order valence-corrected chi connectivity index (χ3v) is 8.43. The van der Waals surface area contributed by atoms with Crippen LogP contribution in [-0.4, -0.2) is 31.7 Å². The summed E-state index contributed by atoms with van der Waals surface area (Å²) in [4.78, 5) is 13.2. The van der Waals surface area contributed by atoms with E-state index in [2.05, 4.69) is 30.4 Å². The van der Waals surface area contributed by atoms with E-state index in [9.17, 15) is 13.2 Å². The van der Waals surface area contributed by atoms with Crippen LogP contribution in [0, 0.1) is 0 Å². The van der Waals surface area contributed by atoms with Crippen molar-refractivity contribution in [2.24, 2.45) is 0 Å². The van der Waals surface area contributed by atoms with E-state index in [1.54, 1.807) is 18.2 Å². The minimum absolute atomic E-state index is 0.0953. The molecule has 5 nitrogen and oxygen atoms in total. The molecule has 1 aliphatic heterocycles. The summed E-state index contributed by atoms with van der Waals surface area (Å²) in [6.07, 6.45) is 8.32. The van der Waals surface area contributed by atoms with Crippen LogP contribution in [0.25, 0.3) is 0 Å². The number of piperidine rings is 1. The molecule has 0 spiro atoms. The first-order chi connectivity index (χ1) is 15.0. The van der Waals surface area contributed by atoms with Gasteiger partial charge in [-0.2, -0.15) is 4.31 Å². The third-order valence-electron chi connectivity index (χ3n) is 6.54. The monoisotopic (exact) mass is 440 g/mol. The summed E-state index contributed by atoms with van der Waals surface area (Å²) < 4.78 is 27.5. The van der Waals surface area contributed by atoms with E-state index in [1.807, 2.05) is 0 Å². The lowest BCUT2D eigenvalue weighted by atomic mass is 9.88. The van der Waals surface area contributed by atoms with Crippen molar-refractivity contribution < 1.29 is 13.2 Å². The Morgan fingerprint density at radius 2 is 1.71 bits per heavy atom. The van der Waals surface area contributed by atoms with E-state index in [0.717, 1.165) is 44.1 Å². The molecule has 1 fully saturated rings. The minimum Gasteiger partial charge on any atom is -0.345 e. The Morgan fingerprint density at radius 3 is 2.45 bits per heavy atom. The maximum atomic E-state index is 13.0. The van der Waals surface area contributed by atoms with E-state index >= 15 is 0 Å². The number of amides is 1. The highest BCUT2D eigenvalue weighted by atomic mass is 32.2. The molecule has 2 aliphatic rings. The highest BCUT2D eigenvalue weighted by molar-refractivity contribution is 7.89. The minimum atomic E-state index is -3.56. The molecule has 1 amide bonds. The summed E-state index contributed by atoms with van der Waals surface area (Å²) in [5.41, 5.74) is 4.32. The zero-order chi connectivity index (χ0) is 21.8. The van der Waals surface area contributed by atoms with Crippen molar-refractivity contribution in [3.8, 4) is 0 Å². The molecule has 166 valence electrons. The molecule has 6 heteroatoms. The van der Waals surface area contributed by atoms with E-state index in [4.69, 9.17) is 0 Å². The van der Waals surface area contributed by atoms with Gasteiger partial charge in [0, 0.05) is 18.7 Å². The first-order valence-corrected chi connectivity index (χ1v) is 13.0. The molecule has 2 aromatic carbocycles. The van der Waals surface area contributed by atoms with Crippen LogP contribution < -0.4 is 5.32 Å². The molecule has 1 N–H and O–H groups in total. The smallest absolute Gasteiger partial charge is 0.251 e. The number of rotatable bonds is 6. The van der Waals surface area contributed by atoms with Crippen LogP contribution in [0.5, 0.6) is 0 Å². The van der Waals surface area contributed by atoms with Gasteiger partial charge in [0.25, 0.3) is 5.91 Å². The number of nitrogens with one attached hydrogen (secondary N) is 1. The van der Waals surface area contributed by atoms with Crippen molar-refractivity contribution in [2.45, 2.75) is 69.2 Å². The van der Waals surface area contributed by atoms with Gasteiger partial charge >= 0.3 is 0 Å². The highest BCUT2D eigenvalue weighted by Gasteiger charge is 2.27. The van der Waals surface area contributed by atoms with Crippen LogP contribution in [0.1, 0.15) is 78.5 Å². The van der Waals surface area contributed by atoms with Crippen LogP contribution in [0.3, 0.4) is 0 Å². The predicted molar refractivity (Wildman–Crippen MR) is 123 cm³/mol. The van der Waals surface area contributed by atoms with E-state index < -0.39 is 10.0 Å². The van der Waals surface area contributed by atoms with Gasteiger partial charge in [-0.1, -0.05) is 37.6 Å². The van der Waals surface area contributed by atoms with Crippen molar-refractivity contribution in [1.82, 2.24) is 9.62 Å². The lowest BCUT2D eigenvalue weighted by Crippen LogP contribution is -2.35. The molecule has 0 aromatic heterocycles. The number of benzene rings is 2. The molecule has 0 saturated carbocycles. The van der Waals surface area contributed by atoms with Gasteiger partial charge in [-0.3, -0.25) is 4.79 Å². The second-order valence-electron chi connectivity index (χ2n) is 8.66. The molecule has 0 radical (unpaired) electrons. The fourth-order valence-electron chi connectivity index (χ4n) is 4.68. The summed E-state index contributed by atoms with van der Waals surface area (Å²) in [6, 6.07) is 12.9. The third kappa shape index (κ3) is 4.85. The van der Waals surface area contributed by atoms with Gasteiger partial charge in [0.1, 0.15) is 0 Å². The number of nitrogens with zero attached hydrogens (tertiary/aromatic N) is 1. The fraction of sp³-hybridized carbons (Fsp3) is 0.480. The molecule has 1 heterocycles. The second-order valence-corrected chi connectivity index (χ2v) is 10.6. The number of hydrogen-bond acceptors (Lipinski definition) is 3. The zero-order valence-corrected chi connectivity index (χ0v) is 19.1. The van der Waals surface area contributed by atoms with E-state index in [-0.39, 0.29) is 16.8 Å². The van der Waals surface area contributed by atoms with Gasteiger partial charge in [0.05, 0.1) is 10.9 Å². The number of sulfonamides is 1. The Labute approximate surface area is 185 Å². The fourth-order valence-corrected chi connectivity index (χ4v) is 6.25. The summed E-state index contributed by atoms with van der Waals surface area (Å²) in [7, 11) is -3.56. The first-order valence-electron chi connectivity index (χ1n) is 11.5. The largest absolute Gasteiger partial charge is 0.345 e. The molecule has 0 bridgehead atoms. The molecule has 1 unspecified atom stereocenters. The molecule has 31 heavy (non-hydrogen) atoms. The van der Waals surface area contributed by atoms with Gasteiger partial charge in [0.2, 0.25) is 10.0 Å². The molecule has 4 rings (SSSR count). The van der Waals surface area contributed by atoms with Crippen molar-refractivity contribution in [1.29, 1.82) is 0 Å². The van der Waals surface area contributed by atoms with Crippen molar-refractivity contribution in [2.75, 3.05) is 13.1 Å². The molecule has 2 aromatic rings. The Hall–Kier alpha value is -2.18. The van der Waals surface area contributed by atoms with Crippen molar-refractivity contribution in [3.05, 3.63) is 64.7 Å². The van der Waals surface area contributed by atoms with E-state index in [1.165, 1.54) is 34.3 Å². The zero-order valence-electron chi connectivity index (χ0n) is 18.3. The number of aryl methyl sites for hydroxylation is 2. The van der Waals surface area contributed by atoms with Gasteiger partial charge in [-0.25, -0.2) is 8.42 Å². The quantitative estimate of drug-likeness (QED) is 0.713. The SMILES string of the molecule is CCC(NC(=O)c1cccc(S(=O)(=O)N2CCCCC2)c1)c1ccc2c(c1)CCCC2. The standard InChI is InChI=1S/C25H32N2O3S/c1-2-24(21-14-13-19-9-4-5-10-20(19)17-21)26-25(28)22-11-8-12-23(18-22)31(29,30)27-15-6-3-7-16-27/h8,11-14,17-18,24H,2-7,9-10,15-16H2,1H3,(H,26,28). The average Bonchev–Trinajstić information content (AvgIpc) is 2.82. The first kappa shape index (κ1) is 22.0. The number of fused-ring (bicyclic) bond motifs is 1. The maximum Gasteiger partial charge on any atom is 0.251 e. The lowest BCUT2D eigenvalue weighted by molar-refractivity contribution is 0.0935. The summed E-state index contributed by atoms with van der Waals surface area (Å²) >= 11 is 0. The van der Waals surface area contributed by atoms with Crippen LogP contribution in [0.15, 0.2) is 47.4 Å². The Bertz CT molecular complexity index is 1040. The summed E-state index contributed by atoms with van der Waals surface area (Å²) in [5.74, 6) is -0.236. The van der Waals surface area contributed by atoms with Crippen LogP contribution in [-0.2, 0) is 22.9 Å². The van der Waals surface area contributed by atoms with Gasteiger partial charge in [0.15, 0.2) is 0 Å². The summed E-state index contributed by atoms with van der Waals surface area (Å²) in [6.45, 7) is 3.16. The Balaban J connectivity index is 1.52. The molecular weight excluding hydrogens is 408 g/mol. The van der Waals surface area contributed by atoms with Crippen LogP contribution in [0.2, 0.25) is 0 Å².